The van der Waals surface area contributed by atoms with Gasteiger partial charge in [0.05, 0.1) is 11.1 Å². The maximum Gasteiger partial charge on any atom is 0.335 e. The first-order valence-electron chi connectivity index (χ1n) is 8.88. The van der Waals surface area contributed by atoms with Crippen LogP contribution in [0.2, 0.25) is 0 Å². The lowest BCUT2D eigenvalue weighted by molar-refractivity contribution is -0.136. The summed E-state index contributed by atoms with van der Waals surface area (Å²) in [6, 6.07) is 7.53. The maximum atomic E-state index is 14.2. The summed E-state index contributed by atoms with van der Waals surface area (Å²) in [6.45, 7) is 7.54. The van der Waals surface area contributed by atoms with E-state index >= 15 is 0 Å². The normalized spacial score (nSPS) is 11.0. The van der Waals surface area contributed by atoms with Crippen LogP contribution in [-0.4, -0.2) is 40.6 Å². The van der Waals surface area contributed by atoms with Gasteiger partial charge in [-0.2, -0.15) is 0 Å². The second kappa shape index (κ2) is 8.82. The van der Waals surface area contributed by atoms with Crippen molar-refractivity contribution in [1.82, 2.24) is 4.90 Å². The molecule has 0 aromatic heterocycles. The van der Waals surface area contributed by atoms with E-state index in [1.165, 1.54) is 24.3 Å². The molecular weight excluding hydrogens is 368 g/mol. The Hall–Kier alpha value is -2.96. The van der Waals surface area contributed by atoms with Crippen LogP contribution in [0.1, 0.15) is 38.1 Å². The molecule has 0 aliphatic carbocycles. The summed E-state index contributed by atoms with van der Waals surface area (Å²) in [4.78, 5) is 24.9. The maximum absolute atomic E-state index is 14.2. The van der Waals surface area contributed by atoms with Crippen molar-refractivity contribution < 1.29 is 28.2 Å². The van der Waals surface area contributed by atoms with E-state index in [9.17, 15) is 18.4 Å². The molecule has 0 aliphatic heterocycles. The Balaban J connectivity index is 2.14. The summed E-state index contributed by atoms with van der Waals surface area (Å²) in [5, 5.41) is 8.86. The molecule has 0 bridgehead atoms. The van der Waals surface area contributed by atoms with Crippen molar-refractivity contribution in [3.63, 3.8) is 0 Å². The van der Waals surface area contributed by atoms with Crippen molar-refractivity contribution in [3.8, 4) is 16.9 Å². The summed E-state index contributed by atoms with van der Waals surface area (Å²) in [5.74, 6) is -3.12. The fourth-order valence-electron chi connectivity index (χ4n) is 3.08. The molecule has 0 saturated carbocycles. The lowest BCUT2D eigenvalue weighted by Crippen LogP contribution is -2.44. The number of nitrogens with zero attached hydrogens (tertiary/aromatic N) is 1. The third kappa shape index (κ3) is 4.85. The number of hydrogen-bond donors (Lipinski definition) is 1. The lowest BCUT2D eigenvalue weighted by atomic mass is 10.0. The first kappa shape index (κ1) is 21.3. The third-order valence-corrected chi connectivity index (χ3v) is 4.20. The Kier molecular flexibility index (Phi) is 6.72. The van der Waals surface area contributed by atoms with Crippen molar-refractivity contribution in [2.45, 2.75) is 39.8 Å². The zero-order valence-electron chi connectivity index (χ0n) is 16.2. The van der Waals surface area contributed by atoms with Gasteiger partial charge in [-0.15, -0.1) is 0 Å². The van der Waals surface area contributed by atoms with Gasteiger partial charge in [0.25, 0.3) is 5.91 Å². The van der Waals surface area contributed by atoms with Gasteiger partial charge in [0.2, 0.25) is 0 Å². The number of carbonyl (C=O) groups is 2. The van der Waals surface area contributed by atoms with Crippen LogP contribution in [0.3, 0.4) is 0 Å². The third-order valence-electron chi connectivity index (χ3n) is 4.20. The molecule has 150 valence electrons. The van der Waals surface area contributed by atoms with Gasteiger partial charge in [0.1, 0.15) is 17.4 Å². The molecule has 28 heavy (non-hydrogen) atoms. The Morgan fingerprint density at radius 3 is 1.93 bits per heavy atom. The molecule has 2 rings (SSSR count). The average Bonchev–Trinajstić information content (AvgIpc) is 2.59. The number of halogens is 2. The molecule has 5 nitrogen and oxygen atoms in total. The highest BCUT2D eigenvalue weighted by Gasteiger charge is 2.20. The first-order chi connectivity index (χ1) is 13.1. The number of hydrogen-bond acceptors (Lipinski definition) is 3. The van der Waals surface area contributed by atoms with Gasteiger partial charge < -0.3 is 14.7 Å². The highest BCUT2D eigenvalue weighted by atomic mass is 19.1. The summed E-state index contributed by atoms with van der Waals surface area (Å²) in [5.41, 5.74) is -0.549. The van der Waals surface area contributed by atoms with Gasteiger partial charge in [0.15, 0.2) is 6.61 Å². The van der Waals surface area contributed by atoms with E-state index in [0.717, 1.165) is 12.1 Å². The number of carboxylic acids is 1. The van der Waals surface area contributed by atoms with Gasteiger partial charge in [-0.25, -0.2) is 13.6 Å². The lowest BCUT2D eigenvalue weighted by Gasteiger charge is -2.30. The van der Waals surface area contributed by atoms with Crippen LogP contribution in [-0.2, 0) is 4.79 Å². The number of carboxylic acid groups (broad SMARTS) is 1. The second-order valence-corrected chi connectivity index (χ2v) is 6.92. The molecule has 0 fully saturated rings. The molecule has 1 N–H and O–H groups in total. The summed E-state index contributed by atoms with van der Waals surface area (Å²) < 4.78 is 33.8. The number of rotatable bonds is 7. The Labute approximate surface area is 162 Å². The number of benzene rings is 2. The van der Waals surface area contributed by atoms with Crippen molar-refractivity contribution in [2.24, 2.45) is 0 Å². The van der Waals surface area contributed by atoms with Gasteiger partial charge in [0, 0.05) is 12.1 Å². The predicted octanol–water partition coefficient (Wildman–Crippen LogP) is 4.35. The summed E-state index contributed by atoms with van der Waals surface area (Å²) >= 11 is 0. The molecule has 1 amide bonds. The zero-order valence-corrected chi connectivity index (χ0v) is 16.2. The molecule has 0 saturated heterocycles. The van der Waals surface area contributed by atoms with Crippen molar-refractivity contribution in [2.75, 3.05) is 6.61 Å². The van der Waals surface area contributed by atoms with Crippen LogP contribution in [0, 0.1) is 11.6 Å². The Morgan fingerprint density at radius 2 is 1.50 bits per heavy atom. The molecule has 2 aromatic rings. The monoisotopic (exact) mass is 391 g/mol. The first-order valence-corrected chi connectivity index (χ1v) is 8.88. The molecule has 0 atom stereocenters. The van der Waals surface area contributed by atoms with E-state index in [1.807, 2.05) is 27.7 Å². The minimum absolute atomic E-state index is 0.0400. The zero-order chi connectivity index (χ0) is 21.0. The van der Waals surface area contributed by atoms with E-state index in [1.54, 1.807) is 4.90 Å². The van der Waals surface area contributed by atoms with Crippen LogP contribution in [0.15, 0.2) is 36.4 Å². The number of amides is 1. The van der Waals surface area contributed by atoms with Gasteiger partial charge in [-0.3, -0.25) is 4.79 Å². The van der Waals surface area contributed by atoms with Crippen LogP contribution in [0.4, 0.5) is 8.78 Å². The molecule has 0 spiro atoms. The molecule has 7 heteroatoms. The molecule has 0 heterocycles. The van der Waals surface area contributed by atoms with Crippen molar-refractivity contribution >= 4 is 11.9 Å². The molecular formula is C21H23F2NO4. The SMILES string of the molecule is CC(C)N(C(=O)COc1ccc(-c2c(F)cc(C(=O)O)cc2F)cc1)C(C)C. The van der Waals surface area contributed by atoms with E-state index < -0.39 is 23.2 Å². The minimum Gasteiger partial charge on any atom is -0.484 e. The number of carbonyl (C=O) groups excluding carboxylic acids is 1. The highest BCUT2D eigenvalue weighted by molar-refractivity contribution is 5.88. The van der Waals surface area contributed by atoms with Gasteiger partial charge in [-0.05, 0) is 57.5 Å². The Morgan fingerprint density at radius 1 is 1.00 bits per heavy atom. The van der Waals surface area contributed by atoms with Crippen molar-refractivity contribution in [1.29, 1.82) is 0 Å². The highest BCUT2D eigenvalue weighted by Crippen LogP contribution is 2.29. The summed E-state index contributed by atoms with van der Waals surface area (Å²) in [7, 11) is 0. The van der Waals surface area contributed by atoms with Gasteiger partial charge in [-0.1, -0.05) is 12.1 Å². The van der Waals surface area contributed by atoms with E-state index in [2.05, 4.69) is 0 Å². The molecule has 2 aromatic carbocycles. The van der Waals surface area contributed by atoms with Crippen LogP contribution in [0.25, 0.3) is 11.1 Å². The average molecular weight is 391 g/mol. The van der Waals surface area contributed by atoms with Crippen LogP contribution < -0.4 is 4.74 Å². The standard InChI is InChI=1S/C21H23F2NO4/c1-12(2)24(13(3)4)19(25)11-28-16-7-5-14(6-8-16)20-17(22)9-15(21(26)27)10-18(20)23/h5-10,12-13H,11H2,1-4H3,(H,26,27). The largest absolute Gasteiger partial charge is 0.484 e. The number of aromatic carboxylic acids is 1. The molecule has 0 aliphatic rings. The van der Waals surface area contributed by atoms with Crippen LogP contribution in [0.5, 0.6) is 5.75 Å². The smallest absolute Gasteiger partial charge is 0.335 e. The van der Waals surface area contributed by atoms with E-state index in [-0.39, 0.29) is 35.7 Å². The van der Waals surface area contributed by atoms with Crippen LogP contribution >= 0.6 is 0 Å². The fourth-order valence-corrected chi connectivity index (χ4v) is 3.08. The second-order valence-electron chi connectivity index (χ2n) is 6.92. The fraction of sp³-hybridized carbons (Fsp3) is 0.333. The van der Waals surface area contributed by atoms with E-state index in [0.29, 0.717) is 5.75 Å². The number of ether oxygens (including phenoxy) is 1. The molecule has 0 unspecified atom stereocenters. The predicted molar refractivity (Wildman–Crippen MR) is 101 cm³/mol. The Bertz CT molecular complexity index is 832. The van der Waals surface area contributed by atoms with Gasteiger partial charge >= 0.3 is 5.97 Å². The minimum atomic E-state index is -1.41. The van der Waals surface area contributed by atoms with Crippen molar-refractivity contribution in [3.05, 3.63) is 53.6 Å². The quantitative estimate of drug-likeness (QED) is 0.762. The van der Waals surface area contributed by atoms with E-state index in [4.69, 9.17) is 9.84 Å². The summed E-state index contributed by atoms with van der Waals surface area (Å²) in [6.07, 6.45) is 0. The topological polar surface area (TPSA) is 66.8 Å². The molecule has 0 radical (unpaired) electrons.